The number of hydrogen-bond acceptors (Lipinski definition) is 3. The fourth-order valence-electron chi connectivity index (χ4n) is 3.44. The molecule has 0 radical (unpaired) electrons. The number of likely N-dealkylation sites (tertiary alicyclic amines) is 1. The highest BCUT2D eigenvalue weighted by Crippen LogP contribution is 2.20. The summed E-state index contributed by atoms with van der Waals surface area (Å²) in [4.78, 5) is 6.76. The van der Waals surface area contributed by atoms with Crippen LogP contribution in [0.2, 0.25) is 0 Å². The number of benzene rings is 2. The van der Waals surface area contributed by atoms with Crippen LogP contribution in [0.15, 0.2) is 53.5 Å². The van der Waals surface area contributed by atoms with Crippen LogP contribution in [0.25, 0.3) is 0 Å². The molecule has 0 bridgehead atoms. The van der Waals surface area contributed by atoms with E-state index in [4.69, 9.17) is 9.47 Å². The van der Waals surface area contributed by atoms with Crippen molar-refractivity contribution in [2.45, 2.75) is 32.4 Å². The summed E-state index contributed by atoms with van der Waals surface area (Å²) in [7, 11) is 3.54. The Kier molecular flexibility index (Phi) is 8.89. The van der Waals surface area contributed by atoms with E-state index in [0.29, 0.717) is 0 Å². The van der Waals surface area contributed by atoms with Gasteiger partial charge in [-0.2, -0.15) is 0 Å². The third-order valence-corrected chi connectivity index (χ3v) is 4.91. The molecule has 0 atom stereocenters. The predicted octanol–water partition coefficient (Wildman–Crippen LogP) is 4.24. The summed E-state index contributed by atoms with van der Waals surface area (Å²) < 4.78 is 11.4. The predicted molar refractivity (Wildman–Crippen MR) is 125 cm³/mol. The molecule has 1 aliphatic heterocycles. The van der Waals surface area contributed by atoms with Crippen LogP contribution in [0.1, 0.15) is 24.0 Å². The molecule has 6 heteroatoms. The Morgan fingerprint density at radius 1 is 1.14 bits per heavy atom. The van der Waals surface area contributed by atoms with Gasteiger partial charge in [0.1, 0.15) is 17.6 Å². The lowest BCUT2D eigenvalue weighted by molar-refractivity contribution is 0.129. The summed E-state index contributed by atoms with van der Waals surface area (Å²) >= 11 is 0. The molecule has 152 valence electrons. The summed E-state index contributed by atoms with van der Waals surface area (Å²) in [6.07, 6.45) is 2.26. The summed E-state index contributed by atoms with van der Waals surface area (Å²) in [5.74, 6) is 2.82. The second-order valence-electron chi connectivity index (χ2n) is 6.82. The Morgan fingerprint density at radius 2 is 1.86 bits per heavy atom. The molecule has 3 rings (SSSR count). The van der Waals surface area contributed by atoms with Crippen LogP contribution in [0.5, 0.6) is 11.5 Å². The third kappa shape index (κ3) is 6.02. The maximum absolute atomic E-state index is 6.08. The number of nitrogens with zero attached hydrogens (tertiary/aromatic N) is 2. The smallest absolute Gasteiger partial charge is 0.193 e. The summed E-state index contributed by atoms with van der Waals surface area (Å²) in [5, 5.41) is 3.48. The van der Waals surface area contributed by atoms with Crippen molar-refractivity contribution < 1.29 is 9.47 Å². The number of methoxy groups -OCH3 is 1. The normalized spacial score (nSPS) is 15.0. The van der Waals surface area contributed by atoms with Crippen molar-refractivity contribution in [1.29, 1.82) is 0 Å². The van der Waals surface area contributed by atoms with Gasteiger partial charge in [-0.3, -0.25) is 4.99 Å². The number of ether oxygens (including phenoxy) is 2. The highest BCUT2D eigenvalue weighted by atomic mass is 127. The van der Waals surface area contributed by atoms with Crippen molar-refractivity contribution in [1.82, 2.24) is 10.2 Å². The van der Waals surface area contributed by atoms with Gasteiger partial charge in [-0.25, -0.2) is 0 Å². The Balaban J connectivity index is 0.00000280. The van der Waals surface area contributed by atoms with Gasteiger partial charge in [0.25, 0.3) is 0 Å². The topological polar surface area (TPSA) is 46.1 Å². The molecule has 5 nitrogen and oxygen atoms in total. The molecular formula is C22H30IN3O2. The molecule has 0 aliphatic carbocycles. The number of halogens is 1. The molecule has 2 aromatic rings. The number of piperidine rings is 1. The molecule has 0 amide bonds. The second kappa shape index (κ2) is 11.1. The monoisotopic (exact) mass is 495 g/mol. The zero-order chi connectivity index (χ0) is 19.1. The Morgan fingerprint density at radius 3 is 2.46 bits per heavy atom. The quantitative estimate of drug-likeness (QED) is 0.383. The maximum atomic E-state index is 6.08. The van der Waals surface area contributed by atoms with E-state index in [1.54, 1.807) is 7.11 Å². The Labute approximate surface area is 185 Å². The van der Waals surface area contributed by atoms with E-state index in [1.807, 2.05) is 43.4 Å². The number of rotatable bonds is 5. The van der Waals surface area contributed by atoms with Gasteiger partial charge in [-0.05, 0) is 36.2 Å². The molecule has 0 spiro atoms. The first-order valence-electron chi connectivity index (χ1n) is 9.50. The van der Waals surface area contributed by atoms with Crippen LogP contribution in [0.4, 0.5) is 0 Å². The fourth-order valence-corrected chi connectivity index (χ4v) is 3.44. The van der Waals surface area contributed by atoms with Crippen molar-refractivity contribution >= 4 is 29.9 Å². The number of aryl methyl sites for hydroxylation is 1. The van der Waals surface area contributed by atoms with E-state index < -0.39 is 0 Å². The second-order valence-corrected chi connectivity index (χ2v) is 6.82. The minimum atomic E-state index is 0. The molecule has 0 aromatic heterocycles. The standard InChI is InChI=1S/C22H29N3O2.HI/c1-17-15-18(9-10-21(17)26-3)16-24-22(23-2)25-13-11-20(12-14-25)27-19-7-5-4-6-8-19;/h4-10,15,20H,11-14,16H2,1-3H3,(H,23,24);1H. The van der Waals surface area contributed by atoms with Crippen LogP contribution in [-0.4, -0.2) is 44.2 Å². The zero-order valence-corrected chi connectivity index (χ0v) is 19.2. The summed E-state index contributed by atoms with van der Waals surface area (Å²) in [5.41, 5.74) is 2.36. The Bertz CT molecular complexity index is 760. The van der Waals surface area contributed by atoms with Crippen LogP contribution < -0.4 is 14.8 Å². The lowest BCUT2D eigenvalue weighted by Gasteiger charge is -2.34. The number of aliphatic imine (C=N–C) groups is 1. The van der Waals surface area contributed by atoms with Gasteiger partial charge in [-0.15, -0.1) is 24.0 Å². The molecule has 1 aliphatic rings. The molecule has 0 saturated carbocycles. The van der Waals surface area contributed by atoms with Gasteiger partial charge in [0.2, 0.25) is 0 Å². The molecule has 2 aromatic carbocycles. The largest absolute Gasteiger partial charge is 0.496 e. The summed E-state index contributed by atoms with van der Waals surface area (Å²) in [6, 6.07) is 16.3. The highest BCUT2D eigenvalue weighted by molar-refractivity contribution is 14.0. The minimum Gasteiger partial charge on any atom is -0.496 e. The average molecular weight is 495 g/mol. The first kappa shape index (κ1) is 22.3. The van der Waals surface area contributed by atoms with Crippen molar-refractivity contribution in [3.63, 3.8) is 0 Å². The van der Waals surface area contributed by atoms with E-state index in [1.165, 1.54) is 5.56 Å². The van der Waals surface area contributed by atoms with Gasteiger partial charge >= 0.3 is 0 Å². The molecule has 1 N–H and O–H groups in total. The van der Waals surface area contributed by atoms with Gasteiger partial charge in [0, 0.05) is 39.5 Å². The van der Waals surface area contributed by atoms with Crippen molar-refractivity contribution in [3.05, 3.63) is 59.7 Å². The molecule has 0 unspecified atom stereocenters. The van der Waals surface area contributed by atoms with E-state index in [0.717, 1.165) is 55.5 Å². The lowest BCUT2D eigenvalue weighted by atomic mass is 10.1. The van der Waals surface area contributed by atoms with Crippen LogP contribution in [0.3, 0.4) is 0 Å². The number of para-hydroxylation sites is 1. The number of guanidine groups is 1. The highest BCUT2D eigenvalue weighted by Gasteiger charge is 2.22. The lowest BCUT2D eigenvalue weighted by Crippen LogP contribution is -2.47. The van der Waals surface area contributed by atoms with Crippen molar-refractivity contribution in [3.8, 4) is 11.5 Å². The minimum absolute atomic E-state index is 0. The number of hydrogen-bond donors (Lipinski definition) is 1. The van der Waals surface area contributed by atoms with Gasteiger partial charge in [-0.1, -0.05) is 30.3 Å². The van der Waals surface area contributed by atoms with E-state index >= 15 is 0 Å². The molecule has 1 saturated heterocycles. The van der Waals surface area contributed by atoms with E-state index in [-0.39, 0.29) is 30.1 Å². The van der Waals surface area contributed by atoms with Crippen LogP contribution in [-0.2, 0) is 6.54 Å². The molecular weight excluding hydrogens is 465 g/mol. The van der Waals surface area contributed by atoms with Gasteiger partial charge in [0.05, 0.1) is 7.11 Å². The zero-order valence-electron chi connectivity index (χ0n) is 16.9. The number of nitrogens with one attached hydrogen (secondary N) is 1. The SMILES string of the molecule is CN=C(NCc1ccc(OC)c(C)c1)N1CCC(Oc2ccccc2)CC1.I. The molecule has 1 heterocycles. The Hall–Kier alpha value is -1.96. The first-order chi connectivity index (χ1) is 13.2. The van der Waals surface area contributed by atoms with Crippen LogP contribution >= 0.6 is 24.0 Å². The van der Waals surface area contributed by atoms with Crippen molar-refractivity contribution in [2.24, 2.45) is 4.99 Å². The summed E-state index contributed by atoms with van der Waals surface area (Å²) in [6.45, 7) is 4.70. The van der Waals surface area contributed by atoms with Crippen molar-refractivity contribution in [2.75, 3.05) is 27.2 Å². The van der Waals surface area contributed by atoms with E-state index in [2.05, 4.69) is 34.3 Å². The first-order valence-corrected chi connectivity index (χ1v) is 9.50. The third-order valence-electron chi connectivity index (χ3n) is 4.91. The maximum Gasteiger partial charge on any atom is 0.193 e. The molecule has 28 heavy (non-hydrogen) atoms. The average Bonchev–Trinajstić information content (AvgIpc) is 2.70. The fraction of sp³-hybridized carbons (Fsp3) is 0.409. The molecule has 1 fully saturated rings. The van der Waals surface area contributed by atoms with E-state index in [9.17, 15) is 0 Å². The van der Waals surface area contributed by atoms with Gasteiger partial charge < -0.3 is 19.7 Å². The van der Waals surface area contributed by atoms with Gasteiger partial charge in [0.15, 0.2) is 5.96 Å². The van der Waals surface area contributed by atoms with Crippen LogP contribution in [0, 0.1) is 6.92 Å².